The Hall–Kier alpha value is -2.72. The molecule has 3 rings (SSSR count). The van der Waals surface area contributed by atoms with Gasteiger partial charge in [0.2, 0.25) is 0 Å². The number of benzene rings is 2. The summed E-state index contributed by atoms with van der Waals surface area (Å²) in [5, 5.41) is 18.4. The standard InChI is InChI=1S/C17H11ClF3N3O3S/c18-12-7-10(3-6-14(12)27-17(19,20)21)9-1-4-11(5-2-9)28-8-13-15(16(25)26)23-24-22-13/h1-7H,8H2,(H,25,26)(H,22,23,24). The number of alkyl halides is 3. The fourth-order valence-electron chi connectivity index (χ4n) is 2.31. The Morgan fingerprint density at radius 1 is 1.18 bits per heavy atom. The molecular weight excluding hydrogens is 419 g/mol. The Labute approximate surface area is 165 Å². The van der Waals surface area contributed by atoms with Gasteiger partial charge in [-0.3, -0.25) is 5.10 Å². The van der Waals surface area contributed by atoms with Crippen molar-refractivity contribution in [1.82, 2.24) is 15.4 Å². The van der Waals surface area contributed by atoms with Crippen LogP contribution in [0.15, 0.2) is 47.4 Å². The van der Waals surface area contributed by atoms with Gasteiger partial charge in [-0.1, -0.05) is 35.0 Å². The number of H-pyrrole nitrogens is 1. The van der Waals surface area contributed by atoms with Crippen LogP contribution < -0.4 is 4.74 Å². The van der Waals surface area contributed by atoms with E-state index in [9.17, 15) is 18.0 Å². The van der Waals surface area contributed by atoms with Gasteiger partial charge >= 0.3 is 12.3 Å². The Bertz CT molecular complexity index is 993. The van der Waals surface area contributed by atoms with Crippen molar-refractivity contribution in [2.75, 3.05) is 0 Å². The third kappa shape index (κ3) is 4.96. The Kier molecular flexibility index (Phi) is 5.80. The zero-order chi connectivity index (χ0) is 20.3. The molecule has 0 saturated carbocycles. The molecule has 0 saturated heterocycles. The van der Waals surface area contributed by atoms with Crippen LogP contribution in [0.3, 0.4) is 0 Å². The van der Waals surface area contributed by atoms with Gasteiger partial charge in [-0.25, -0.2) is 4.79 Å². The normalized spacial score (nSPS) is 11.4. The zero-order valence-corrected chi connectivity index (χ0v) is 15.4. The molecule has 0 aliphatic carbocycles. The number of aromatic carboxylic acids is 1. The molecule has 0 bridgehead atoms. The summed E-state index contributed by atoms with van der Waals surface area (Å²) in [5.41, 5.74) is 1.65. The van der Waals surface area contributed by atoms with Gasteiger partial charge in [0.1, 0.15) is 11.4 Å². The maximum Gasteiger partial charge on any atom is 0.573 e. The smallest absolute Gasteiger partial charge is 0.476 e. The lowest BCUT2D eigenvalue weighted by Crippen LogP contribution is -2.17. The Morgan fingerprint density at radius 2 is 1.86 bits per heavy atom. The van der Waals surface area contributed by atoms with E-state index in [1.54, 1.807) is 24.3 Å². The topological polar surface area (TPSA) is 88.1 Å². The van der Waals surface area contributed by atoms with Gasteiger partial charge in [-0.05, 0) is 35.4 Å². The fourth-order valence-corrected chi connectivity index (χ4v) is 3.36. The molecule has 2 aromatic carbocycles. The number of rotatable bonds is 6. The molecule has 0 aliphatic rings. The lowest BCUT2D eigenvalue weighted by atomic mass is 10.1. The first-order valence-corrected chi connectivity index (χ1v) is 9.01. The van der Waals surface area contributed by atoms with Crippen molar-refractivity contribution in [3.63, 3.8) is 0 Å². The highest BCUT2D eigenvalue weighted by Crippen LogP contribution is 2.34. The summed E-state index contributed by atoms with van der Waals surface area (Å²) >= 11 is 7.24. The van der Waals surface area contributed by atoms with Crippen molar-refractivity contribution in [2.24, 2.45) is 0 Å². The number of nitrogens with zero attached hydrogens (tertiary/aromatic N) is 2. The van der Waals surface area contributed by atoms with Gasteiger partial charge in [0.15, 0.2) is 5.69 Å². The summed E-state index contributed by atoms with van der Waals surface area (Å²) in [7, 11) is 0. The quantitative estimate of drug-likeness (QED) is 0.535. The van der Waals surface area contributed by atoms with Gasteiger partial charge < -0.3 is 9.84 Å². The van der Waals surface area contributed by atoms with Crippen LogP contribution in [-0.4, -0.2) is 32.8 Å². The number of ether oxygens (including phenoxy) is 1. The Balaban J connectivity index is 1.69. The van der Waals surface area contributed by atoms with E-state index in [1.807, 2.05) is 0 Å². The van der Waals surface area contributed by atoms with E-state index >= 15 is 0 Å². The highest BCUT2D eigenvalue weighted by molar-refractivity contribution is 7.98. The van der Waals surface area contributed by atoms with Gasteiger partial charge in [-0.15, -0.1) is 30.0 Å². The molecule has 0 aliphatic heterocycles. The second-order valence-corrected chi connectivity index (χ2v) is 6.90. The molecule has 0 radical (unpaired) electrons. The summed E-state index contributed by atoms with van der Waals surface area (Å²) in [6, 6.07) is 11.2. The molecule has 11 heteroatoms. The van der Waals surface area contributed by atoms with Crippen molar-refractivity contribution in [2.45, 2.75) is 17.0 Å². The highest BCUT2D eigenvalue weighted by Gasteiger charge is 2.32. The number of hydrogen-bond acceptors (Lipinski definition) is 5. The maximum absolute atomic E-state index is 12.3. The predicted molar refractivity (Wildman–Crippen MR) is 96.5 cm³/mol. The van der Waals surface area contributed by atoms with Crippen LogP contribution in [0.25, 0.3) is 11.1 Å². The minimum absolute atomic E-state index is 0.0556. The van der Waals surface area contributed by atoms with Crippen LogP contribution >= 0.6 is 23.4 Å². The number of thioether (sulfide) groups is 1. The van der Waals surface area contributed by atoms with Crippen LogP contribution in [-0.2, 0) is 5.75 Å². The molecule has 0 fully saturated rings. The summed E-state index contributed by atoms with van der Waals surface area (Å²) in [5.74, 6) is -1.29. The molecular formula is C17H11ClF3N3O3S. The van der Waals surface area contributed by atoms with E-state index in [1.165, 1.54) is 23.9 Å². The average molecular weight is 430 g/mol. The largest absolute Gasteiger partial charge is 0.573 e. The van der Waals surface area contributed by atoms with Gasteiger partial charge in [-0.2, -0.15) is 0 Å². The summed E-state index contributed by atoms with van der Waals surface area (Å²) in [4.78, 5) is 11.9. The third-order valence-corrected chi connectivity index (χ3v) is 4.87. The number of carboxylic acids is 1. The van der Waals surface area contributed by atoms with Crippen LogP contribution in [0.4, 0.5) is 13.2 Å². The van der Waals surface area contributed by atoms with Gasteiger partial charge in [0.05, 0.1) is 5.02 Å². The minimum atomic E-state index is -4.81. The molecule has 0 unspecified atom stereocenters. The molecule has 146 valence electrons. The van der Waals surface area contributed by atoms with Gasteiger partial charge in [0, 0.05) is 10.6 Å². The number of hydrogen-bond donors (Lipinski definition) is 2. The van der Waals surface area contributed by atoms with E-state index in [0.717, 1.165) is 16.5 Å². The SMILES string of the molecule is O=C(O)c1[nH]nnc1CSc1ccc(-c2ccc(OC(F)(F)F)c(Cl)c2)cc1. The predicted octanol–water partition coefficient (Wildman–Crippen LogP) is 5.01. The monoisotopic (exact) mass is 429 g/mol. The van der Waals surface area contributed by atoms with E-state index in [0.29, 0.717) is 17.0 Å². The second kappa shape index (κ2) is 8.11. The van der Waals surface area contributed by atoms with Crippen LogP contribution in [0.1, 0.15) is 16.2 Å². The fraction of sp³-hybridized carbons (Fsp3) is 0.118. The van der Waals surface area contributed by atoms with E-state index in [4.69, 9.17) is 16.7 Å². The maximum atomic E-state index is 12.3. The first-order chi connectivity index (χ1) is 13.2. The highest BCUT2D eigenvalue weighted by atomic mass is 35.5. The molecule has 1 aromatic heterocycles. The van der Waals surface area contributed by atoms with Crippen molar-refractivity contribution in [1.29, 1.82) is 0 Å². The van der Waals surface area contributed by atoms with Gasteiger partial charge in [0.25, 0.3) is 0 Å². The van der Waals surface area contributed by atoms with E-state index in [2.05, 4.69) is 20.1 Å². The molecule has 0 atom stereocenters. The average Bonchev–Trinajstić information content (AvgIpc) is 3.10. The lowest BCUT2D eigenvalue weighted by molar-refractivity contribution is -0.274. The number of nitrogens with one attached hydrogen (secondary N) is 1. The molecule has 0 amide bonds. The second-order valence-electron chi connectivity index (χ2n) is 5.44. The van der Waals surface area contributed by atoms with Crippen molar-refractivity contribution in [3.05, 3.63) is 58.9 Å². The minimum Gasteiger partial charge on any atom is -0.476 e. The van der Waals surface area contributed by atoms with Crippen LogP contribution in [0, 0.1) is 0 Å². The first kappa shape index (κ1) is 20.0. The van der Waals surface area contributed by atoms with E-state index < -0.39 is 18.1 Å². The van der Waals surface area contributed by atoms with Crippen molar-refractivity contribution in [3.8, 4) is 16.9 Å². The number of aromatic nitrogens is 3. The lowest BCUT2D eigenvalue weighted by Gasteiger charge is -2.11. The molecule has 0 spiro atoms. The zero-order valence-electron chi connectivity index (χ0n) is 13.8. The van der Waals surface area contributed by atoms with Crippen LogP contribution in [0.2, 0.25) is 5.02 Å². The number of carbonyl (C=O) groups is 1. The number of aromatic amines is 1. The van der Waals surface area contributed by atoms with Crippen LogP contribution in [0.5, 0.6) is 5.75 Å². The Morgan fingerprint density at radius 3 is 2.46 bits per heavy atom. The third-order valence-electron chi connectivity index (χ3n) is 3.56. The number of carboxylic acid groups (broad SMARTS) is 1. The summed E-state index contributed by atoms with van der Waals surface area (Å²) in [6.45, 7) is 0. The molecule has 28 heavy (non-hydrogen) atoms. The summed E-state index contributed by atoms with van der Waals surface area (Å²) in [6.07, 6.45) is -4.81. The molecule has 6 nitrogen and oxygen atoms in total. The van der Waals surface area contributed by atoms with Crippen molar-refractivity contribution < 1.29 is 27.8 Å². The van der Waals surface area contributed by atoms with Crippen molar-refractivity contribution >= 4 is 29.3 Å². The molecule has 1 heterocycles. The van der Waals surface area contributed by atoms with E-state index in [-0.39, 0.29) is 10.7 Å². The summed E-state index contributed by atoms with van der Waals surface area (Å²) < 4.78 is 40.8. The first-order valence-electron chi connectivity index (χ1n) is 7.64. The molecule has 3 aromatic rings. The molecule has 2 N–H and O–H groups in total. The number of halogens is 4.